The maximum atomic E-state index is 6.22. The first-order valence-electron chi connectivity index (χ1n) is 6.81. The van der Waals surface area contributed by atoms with Gasteiger partial charge in [-0.25, -0.2) is 0 Å². The molecule has 0 spiro atoms. The number of hydrogen-bond acceptors (Lipinski definition) is 4. The third kappa shape index (κ3) is 3.70. The summed E-state index contributed by atoms with van der Waals surface area (Å²) in [5, 5.41) is 3.50. The van der Waals surface area contributed by atoms with Crippen molar-refractivity contribution >= 4 is 22.9 Å². The van der Waals surface area contributed by atoms with Crippen LogP contribution in [0.25, 0.3) is 0 Å². The fourth-order valence-electron chi connectivity index (χ4n) is 2.21. The van der Waals surface area contributed by atoms with E-state index in [0.717, 1.165) is 33.5 Å². The van der Waals surface area contributed by atoms with E-state index < -0.39 is 0 Å². The van der Waals surface area contributed by atoms with Crippen LogP contribution >= 0.6 is 22.9 Å². The Bertz CT molecular complexity index is 571. The van der Waals surface area contributed by atoms with Crippen LogP contribution in [0, 0.1) is 6.92 Å². The van der Waals surface area contributed by atoms with Gasteiger partial charge in [-0.2, -0.15) is 0 Å². The van der Waals surface area contributed by atoms with Gasteiger partial charge in [-0.1, -0.05) is 18.5 Å². The Balaban J connectivity index is 2.46. The summed E-state index contributed by atoms with van der Waals surface area (Å²) in [5.74, 6) is 1.57. The number of rotatable bonds is 6. The zero-order chi connectivity index (χ0) is 15.4. The highest BCUT2D eigenvalue weighted by Gasteiger charge is 2.18. The van der Waals surface area contributed by atoms with E-state index in [-0.39, 0.29) is 6.04 Å². The number of nitrogens with one attached hydrogen (secondary N) is 1. The highest BCUT2D eigenvalue weighted by atomic mass is 35.5. The summed E-state index contributed by atoms with van der Waals surface area (Å²) < 4.78 is 11.6. The summed E-state index contributed by atoms with van der Waals surface area (Å²) in [6, 6.07) is 8.14. The maximum Gasteiger partial charge on any atom is 0.122 e. The standard InChI is InChI=1S/C16H20ClNO2S/c1-5-18-15(14-6-10(2)16(17)21-14)11-7-12(19-3)9-13(8-11)20-4/h6-9,15,18H,5H2,1-4H3. The molecule has 1 unspecified atom stereocenters. The van der Waals surface area contributed by atoms with Crippen molar-refractivity contribution in [2.75, 3.05) is 20.8 Å². The molecule has 0 saturated carbocycles. The largest absolute Gasteiger partial charge is 0.497 e. The van der Waals surface area contributed by atoms with Gasteiger partial charge in [-0.3, -0.25) is 0 Å². The third-order valence-electron chi connectivity index (χ3n) is 3.28. The van der Waals surface area contributed by atoms with E-state index in [1.165, 1.54) is 4.88 Å². The van der Waals surface area contributed by atoms with E-state index in [0.29, 0.717) is 0 Å². The fourth-order valence-corrected chi connectivity index (χ4v) is 3.53. The van der Waals surface area contributed by atoms with Crippen molar-refractivity contribution in [1.82, 2.24) is 5.32 Å². The van der Waals surface area contributed by atoms with Gasteiger partial charge in [0.1, 0.15) is 11.5 Å². The average molecular weight is 326 g/mol. The van der Waals surface area contributed by atoms with Gasteiger partial charge < -0.3 is 14.8 Å². The van der Waals surface area contributed by atoms with Crippen LogP contribution in [0.15, 0.2) is 24.3 Å². The van der Waals surface area contributed by atoms with Gasteiger partial charge >= 0.3 is 0 Å². The Kier molecular flexibility index (Phi) is 5.51. The predicted octanol–water partition coefficient (Wildman–Crippen LogP) is 4.43. The lowest BCUT2D eigenvalue weighted by Gasteiger charge is -2.18. The number of aryl methyl sites for hydroxylation is 1. The number of methoxy groups -OCH3 is 2. The molecule has 2 rings (SSSR count). The first kappa shape index (κ1) is 16.1. The van der Waals surface area contributed by atoms with Crippen LogP contribution < -0.4 is 14.8 Å². The van der Waals surface area contributed by atoms with Crippen LogP contribution in [0.2, 0.25) is 4.34 Å². The molecule has 5 heteroatoms. The van der Waals surface area contributed by atoms with Crippen LogP contribution in [0.1, 0.15) is 29.0 Å². The SMILES string of the molecule is CCNC(c1cc(OC)cc(OC)c1)c1cc(C)c(Cl)s1. The zero-order valence-electron chi connectivity index (χ0n) is 12.7. The molecule has 1 aromatic carbocycles. The number of thiophene rings is 1. The quantitative estimate of drug-likeness (QED) is 0.852. The second-order valence-electron chi connectivity index (χ2n) is 4.74. The monoisotopic (exact) mass is 325 g/mol. The Hall–Kier alpha value is -1.23. The molecule has 114 valence electrons. The molecule has 1 atom stereocenters. The molecule has 2 aromatic rings. The number of hydrogen-bond donors (Lipinski definition) is 1. The lowest BCUT2D eigenvalue weighted by Crippen LogP contribution is -2.21. The van der Waals surface area contributed by atoms with E-state index in [1.807, 2.05) is 25.1 Å². The third-order valence-corrected chi connectivity index (χ3v) is 4.90. The molecule has 0 aliphatic heterocycles. The number of ether oxygens (including phenoxy) is 2. The molecule has 0 fully saturated rings. The molecule has 1 N–H and O–H groups in total. The van der Waals surface area contributed by atoms with Gasteiger partial charge in [0.2, 0.25) is 0 Å². The molecule has 0 saturated heterocycles. The lowest BCUT2D eigenvalue weighted by atomic mass is 10.0. The van der Waals surface area contributed by atoms with Crippen LogP contribution in [-0.2, 0) is 0 Å². The molecule has 0 aliphatic carbocycles. The Labute approximate surface area is 134 Å². The van der Waals surface area contributed by atoms with Gasteiger partial charge in [-0.15, -0.1) is 11.3 Å². The second-order valence-corrected chi connectivity index (χ2v) is 6.43. The summed E-state index contributed by atoms with van der Waals surface area (Å²) in [5.41, 5.74) is 2.21. The molecular weight excluding hydrogens is 306 g/mol. The van der Waals surface area contributed by atoms with E-state index in [1.54, 1.807) is 25.6 Å². The van der Waals surface area contributed by atoms with Crippen molar-refractivity contribution < 1.29 is 9.47 Å². The molecule has 0 bridgehead atoms. The number of benzene rings is 1. The number of halogens is 1. The van der Waals surface area contributed by atoms with Crippen LogP contribution in [0.4, 0.5) is 0 Å². The molecule has 1 aromatic heterocycles. The lowest BCUT2D eigenvalue weighted by molar-refractivity contribution is 0.392. The molecule has 0 amide bonds. The van der Waals surface area contributed by atoms with Gasteiger partial charge in [0, 0.05) is 10.9 Å². The van der Waals surface area contributed by atoms with E-state index in [4.69, 9.17) is 21.1 Å². The minimum Gasteiger partial charge on any atom is -0.497 e. The van der Waals surface area contributed by atoms with E-state index in [9.17, 15) is 0 Å². The first-order valence-corrected chi connectivity index (χ1v) is 8.00. The molecule has 1 heterocycles. The summed E-state index contributed by atoms with van der Waals surface area (Å²) in [6.45, 7) is 4.97. The van der Waals surface area contributed by atoms with Gasteiger partial charge in [-0.05, 0) is 42.8 Å². The smallest absolute Gasteiger partial charge is 0.122 e. The molecule has 0 radical (unpaired) electrons. The summed E-state index contributed by atoms with van der Waals surface area (Å²) in [6.07, 6.45) is 0. The van der Waals surface area contributed by atoms with Crippen molar-refractivity contribution in [2.45, 2.75) is 19.9 Å². The van der Waals surface area contributed by atoms with Gasteiger partial charge in [0.15, 0.2) is 0 Å². The first-order chi connectivity index (χ1) is 10.1. The van der Waals surface area contributed by atoms with Crippen LogP contribution in [0.3, 0.4) is 0 Å². The zero-order valence-corrected chi connectivity index (χ0v) is 14.3. The summed E-state index contributed by atoms with van der Waals surface area (Å²) >= 11 is 7.83. The summed E-state index contributed by atoms with van der Waals surface area (Å²) in [7, 11) is 3.32. The minimum absolute atomic E-state index is 0.0789. The molecule has 21 heavy (non-hydrogen) atoms. The normalized spacial score (nSPS) is 12.2. The highest BCUT2D eigenvalue weighted by molar-refractivity contribution is 7.16. The highest BCUT2D eigenvalue weighted by Crippen LogP contribution is 2.36. The Morgan fingerprint density at radius 1 is 1.14 bits per heavy atom. The Morgan fingerprint density at radius 2 is 1.76 bits per heavy atom. The maximum absolute atomic E-state index is 6.22. The molecule has 3 nitrogen and oxygen atoms in total. The minimum atomic E-state index is 0.0789. The van der Waals surface area contributed by atoms with E-state index in [2.05, 4.69) is 18.3 Å². The van der Waals surface area contributed by atoms with E-state index >= 15 is 0 Å². The topological polar surface area (TPSA) is 30.5 Å². The van der Waals surface area contributed by atoms with Crippen molar-refractivity contribution in [2.24, 2.45) is 0 Å². The average Bonchev–Trinajstić information content (AvgIpc) is 2.83. The predicted molar refractivity (Wildman–Crippen MR) is 89.1 cm³/mol. The van der Waals surface area contributed by atoms with Gasteiger partial charge in [0.05, 0.1) is 24.6 Å². The van der Waals surface area contributed by atoms with Gasteiger partial charge in [0.25, 0.3) is 0 Å². The second kappa shape index (κ2) is 7.16. The van der Waals surface area contributed by atoms with Crippen LogP contribution in [-0.4, -0.2) is 20.8 Å². The Morgan fingerprint density at radius 3 is 2.19 bits per heavy atom. The van der Waals surface area contributed by atoms with Crippen molar-refractivity contribution in [3.63, 3.8) is 0 Å². The molecule has 0 aliphatic rings. The summed E-state index contributed by atoms with van der Waals surface area (Å²) in [4.78, 5) is 1.19. The van der Waals surface area contributed by atoms with Crippen molar-refractivity contribution in [3.05, 3.63) is 44.6 Å². The van der Waals surface area contributed by atoms with Crippen molar-refractivity contribution in [1.29, 1.82) is 0 Å². The fraction of sp³-hybridized carbons (Fsp3) is 0.375. The van der Waals surface area contributed by atoms with Crippen molar-refractivity contribution in [3.8, 4) is 11.5 Å². The molecular formula is C16H20ClNO2S. The van der Waals surface area contributed by atoms with Crippen LogP contribution in [0.5, 0.6) is 11.5 Å².